The van der Waals surface area contributed by atoms with Crippen molar-refractivity contribution in [1.82, 2.24) is 20.1 Å². The highest BCUT2D eigenvalue weighted by Crippen LogP contribution is 2.21. The van der Waals surface area contributed by atoms with E-state index in [1.807, 2.05) is 35.4 Å². The number of aromatic nitrogens is 3. The Kier molecular flexibility index (Phi) is 3.97. The molecule has 3 aromatic rings. The molecular formula is C18H18N4O3. The Bertz CT molecular complexity index is 891. The molecule has 0 bridgehead atoms. The molecule has 1 atom stereocenters. The molecule has 1 aliphatic rings. The molecule has 1 N–H and O–H groups in total. The number of aromatic amines is 1. The maximum Gasteiger partial charge on any atom is 0.254 e. The van der Waals surface area contributed by atoms with Gasteiger partial charge < -0.3 is 19.4 Å². The van der Waals surface area contributed by atoms with Crippen LogP contribution in [-0.4, -0.2) is 52.3 Å². The summed E-state index contributed by atoms with van der Waals surface area (Å²) in [4.78, 5) is 17.7. The summed E-state index contributed by atoms with van der Waals surface area (Å²) in [6.45, 7) is 1.20. The van der Waals surface area contributed by atoms with Crippen LogP contribution in [-0.2, 0) is 0 Å². The fourth-order valence-corrected chi connectivity index (χ4v) is 3.03. The number of H-pyrrole nitrogens is 1. The van der Waals surface area contributed by atoms with Crippen LogP contribution < -0.4 is 9.47 Å². The van der Waals surface area contributed by atoms with E-state index < -0.39 is 0 Å². The van der Waals surface area contributed by atoms with E-state index in [1.165, 1.54) is 7.11 Å². The molecule has 0 spiro atoms. The molecule has 3 heterocycles. The van der Waals surface area contributed by atoms with E-state index >= 15 is 0 Å². The summed E-state index contributed by atoms with van der Waals surface area (Å²) in [5.74, 6) is 0.902. The lowest BCUT2D eigenvalue weighted by atomic mass is 10.1. The summed E-state index contributed by atoms with van der Waals surface area (Å²) in [5.41, 5.74) is 1.72. The van der Waals surface area contributed by atoms with Crippen molar-refractivity contribution in [3.63, 3.8) is 0 Å². The normalized spacial score (nSPS) is 17.0. The number of nitrogens with one attached hydrogen (secondary N) is 1. The Morgan fingerprint density at radius 3 is 2.84 bits per heavy atom. The van der Waals surface area contributed by atoms with E-state index in [2.05, 4.69) is 15.2 Å². The number of rotatable bonds is 4. The van der Waals surface area contributed by atoms with Gasteiger partial charge >= 0.3 is 0 Å². The van der Waals surface area contributed by atoms with Crippen LogP contribution in [0.1, 0.15) is 16.8 Å². The van der Waals surface area contributed by atoms with E-state index in [0.717, 1.165) is 17.3 Å². The van der Waals surface area contributed by atoms with Gasteiger partial charge in [-0.15, -0.1) is 10.2 Å². The summed E-state index contributed by atoms with van der Waals surface area (Å²) in [7, 11) is 1.54. The molecule has 0 aliphatic carbocycles. The largest absolute Gasteiger partial charge is 0.480 e. The van der Waals surface area contributed by atoms with Crippen LogP contribution in [0.2, 0.25) is 0 Å². The first-order valence-electron chi connectivity index (χ1n) is 8.14. The van der Waals surface area contributed by atoms with E-state index in [9.17, 15) is 4.79 Å². The quantitative estimate of drug-likeness (QED) is 0.789. The molecule has 0 radical (unpaired) electrons. The number of hydrogen-bond donors (Lipinski definition) is 1. The zero-order valence-electron chi connectivity index (χ0n) is 13.8. The number of nitrogens with zero attached hydrogens (tertiary/aromatic N) is 3. The first-order valence-corrected chi connectivity index (χ1v) is 8.14. The number of likely N-dealkylation sites (tertiary alicyclic amines) is 1. The fraction of sp³-hybridized carbons (Fsp3) is 0.278. The van der Waals surface area contributed by atoms with Crippen molar-refractivity contribution in [2.45, 2.75) is 12.5 Å². The van der Waals surface area contributed by atoms with Gasteiger partial charge in [-0.1, -0.05) is 0 Å². The van der Waals surface area contributed by atoms with Crippen LogP contribution >= 0.6 is 0 Å². The molecule has 1 aliphatic heterocycles. The molecule has 1 amide bonds. The molecular weight excluding hydrogens is 320 g/mol. The van der Waals surface area contributed by atoms with Crippen LogP contribution in [0, 0.1) is 0 Å². The van der Waals surface area contributed by atoms with E-state index in [1.54, 1.807) is 12.1 Å². The minimum Gasteiger partial charge on any atom is -0.480 e. The molecule has 4 rings (SSSR count). The van der Waals surface area contributed by atoms with Gasteiger partial charge in [0.15, 0.2) is 0 Å². The molecule has 0 saturated carbocycles. The van der Waals surface area contributed by atoms with Gasteiger partial charge in [0.2, 0.25) is 11.8 Å². The smallest absolute Gasteiger partial charge is 0.254 e. The molecule has 1 unspecified atom stereocenters. The number of carbonyl (C=O) groups excluding carboxylic acids is 1. The molecule has 7 nitrogen and oxygen atoms in total. The van der Waals surface area contributed by atoms with Crippen molar-refractivity contribution in [3.8, 4) is 11.8 Å². The Morgan fingerprint density at radius 2 is 2.04 bits per heavy atom. The fourth-order valence-electron chi connectivity index (χ4n) is 3.03. The molecule has 1 fully saturated rings. The maximum absolute atomic E-state index is 12.7. The van der Waals surface area contributed by atoms with Crippen molar-refractivity contribution in [2.75, 3.05) is 20.2 Å². The zero-order chi connectivity index (χ0) is 17.2. The van der Waals surface area contributed by atoms with Gasteiger partial charge in [-0.3, -0.25) is 4.79 Å². The number of methoxy groups -OCH3 is 1. The number of benzene rings is 1. The van der Waals surface area contributed by atoms with Crippen LogP contribution in [0.5, 0.6) is 11.8 Å². The summed E-state index contributed by atoms with van der Waals surface area (Å²) < 4.78 is 10.8. The summed E-state index contributed by atoms with van der Waals surface area (Å²) in [6, 6.07) is 11.1. The highest BCUT2D eigenvalue weighted by molar-refractivity contribution is 5.98. The number of hydrogen-bond acceptors (Lipinski definition) is 5. The Balaban J connectivity index is 1.41. The van der Waals surface area contributed by atoms with Crippen molar-refractivity contribution in [2.24, 2.45) is 0 Å². The maximum atomic E-state index is 12.7. The second-order valence-corrected chi connectivity index (χ2v) is 5.97. The van der Waals surface area contributed by atoms with Gasteiger partial charge in [-0.05, 0) is 24.3 Å². The van der Waals surface area contributed by atoms with Crippen molar-refractivity contribution < 1.29 is 14.3 Å². The second-order valence-electron chi connectivity index (χ2n) is 5.97. The molecule has 128 valence electrons. The van der Waals surface area contributed by atoms with Crippen LogP contribution in [0.4, 0.5) is 0 Å². The lowest BCUT2D eigenvalue weighted by molar-refractivity contribution is 0.0771. The van der Waals surface area contributed by atoms with Gasteiger partial charge in [-0.25, -0.2) is 0 Å². The lowest BCUT2D eigenvalue weighted by Crippen LogP contribution is -2.31. The number of amides is 1. The van der Waals surface area contributed by atoms with Gasteiger partial charge in [-0.2, -0.15) is 0 Å². The van der Waals surface area contributed by atoms with Crippen molar-refractivity contribution >= 4 is 16.8 Å². The Hall–Kier alpha value is -3.09. The number of ether oxygens (including phenoxy) is 2. The standard InChI is InChI=1S/C18H18N4O3/c1-24-16-4-5-17(21-20-16)25-14-7-9-22(11-14)18(23)13-2-3-15-12(10-13)6-8-19-15/h2-6,8,10,14,19H,7,9,11H2,1H3. The monoisotopic (exact) mass is 338 g/mol. The van der Waals surface area contributed by atoms with Gasteiger partial charge in [0.05, 0.1) is 13.7 Å². The predicted molar refractivity (Wildman–Crippen MR) is 91.8 cm³/mol. The average Bonchev–Trinajstić information content (AvgIpc) is 3.30. The van der Waals surface area contributed by atoms with Gasteiger partial charge in [0.1, 0.15) is 6.10 Å². The Labute approximate surface area is 144 Å². The SMILES string of the molecule is COc1ccc(OC2CCN(C(=O)c3ccc4[nH]ccc4c3)C2)nn1. The summed E-state index contributed by atoms with van der Waals surface area (Å²) in [5, 5.41) is 8.88. The summed E-state index contributed by atoms with van der Waals surface area (Å²) >= 11 is 0. The minimum absolute atomic E-state index is 0.0232. The minimum atomic E-state index is -0.0809. The van der Waals surface area contributed by atoms with Gasteiger partial charge in [0.25, 0.3) is 5.91 Å². The average molecular weight is 338 g/mol. The van der Waals surface area contributed by atoms with Gasteiger partial charge in [0, 0.05) is 47.8 Å². The van der Waals surface area contributed by atoms with Crippen molar-refractivity contribution in [1.29, 1.82) is 0 Å². The summed E-state index contributed by atoms with van der Waals surface area (Å²) in [6.07, 6.45) is 2.56. The zero-order valence-corrected chi connectivity index (χ0v) is 13.8. The molecule has 2 aromatic heterocycles. The molecule has 7 heteroatoms. The van der Waals surface area contributed by atoms with E-state index in [0.29, 0.717) is 30.4 Å². The first kappa shape index (κ1) is 15.4. The molecule has 25 heavy (non-hydrogen) atoms. The second kappa shape index (κ2) is 6.43. The van der Waals surface area contributed by atoms with Crippen LogP contribution in [0.15, 0.2) is 42.6 Å². The highest BCUT2D eigenvalue weighted by atomic mass is 16.5. The Morgan fingerprint density at radius 1 is 1.20 bits per heavy atom. The van der Waals surface area contributed by atoms with E-state index in [4.69, 9.17) is 9.47 Å². The molecule has 1 saturated heterocycles. The van der Waals surface area contributed by atoms with Crippen LogP contribution in [0.25, 0.3) is 10.9 Å². The first-order chi connectivity index (χ1) is 12.2. The van der Waals surface area contributed by atoms with Crippen molar-refractivity contribution in [3.05, 3.63) is 48.2 Å². The number of fused-ring (bicyclic) bond motifs is 1. The third kappa shape index (κ3) is 3.13. The van der Waals surface area contributed by atoms with Crippen LogP contribution in [0.3, 0.4) is 0 Å². The molecule has 1 aromatic carbocycles. The lowest BCUT2D eigenvalue weighted by Gasteiger charge is -2.17. The van der Waals surface area contributed by atoms with E-state index in [-0.39, 0.29) is 12.0 Å². The topological polar surface area (TPSA) is 80.3 Å². The highest BCUT2D eigenvalue weighted by Gasteiger charge is 2.28. The predicted octanol–water partition coefficient (Wildman–Crippen LogP) is 2.26. The number of carbonyl (C=O) groups is 1. The third-order valence-electron chi connectivity index (χ3n) is 4.34. The third-order valence-corrected chi connectivity index (χ3v) is 4.34.